The molecule has 0 unspecified atom stereocenters. The number of carbonyl (C=O) groups is 1. The number of benzene rings is 3. The fourth-order valence-electron chi connectivity index (χ4n) is 3.66. The number of hydrogen-bond acceptors (Lipinski definition) is 4. The molecule has 8 heteroatoms. The van der Waals surface area contributed by atoms with Crippen molar-refractivity contribution in [3.8, 4) is 0 Å². The standard InChI is InChI=1S/C26H19ClFN5O/c27-21-9-5-4-6-17(21)12-15-24(34)30-25-31-26-29-22(18-7-2-1-3-8-18)16-23(33(26)32-25)19-10-13-20(28)14-11-19/h1-16,23H,(H2,29,30,31,32,34)/b15-12+/t23-/m0/s1. The largest absolute Gasteiger partial charge is 0.324 e. The van der Waals surface area contributed by atoms with E-state index in [0.717, 1.165) is 22.4 Å². The van der Waals surface area contributed by atoms with Crippen molar-refractivity contribution in [2.24, 2.45) is 0 Å². The van der Waals surface area contributed by atoms with Gasteiger partial charge in [0.25, 0.3) is 11.9 Å². The number of aromatic nitrogens is 3. The van der Waals surface area contributed by atoms with Crippen LogP contribution in [0.3, 0.4) is 0 Å². The molecule has 168 valence electrons. The zero-order valence-electron chi connectivity index (χ0n) is 17.8. The number of fused-ring (bicyclic) bond motifs is 1. The van der Waals surface area contributed by atoms with Crippen LogP contribution in [0.15, 0.2) is 91.0 Å². The first-order valence-electron chi connectivity index (χ1n) is 10.6. The summed E-state index contributed by atoms with van der Waals surface area (Å²) in [5.41, 5.74) is 3.37. The maximum Gasteiger partial charge on any atom is 0.250 e. The van der Waals surface area contributed by atoms with Gasteiger partial charge < -0.3 is 5.32 Å². The summed E-state index contributed by atoms with van der Waals surface area (Å²) in [4.78, 5) is 16.9. The lowest BCUT2D eigenvalue weighted by molar-refractivity contribution is -0.111. The second-order valence-electron chi connectivity index (χ2n) is 7.62. The predicted octanol–water partition coefficient (Wildman–Crippen LogP) is 5.78. The van der Waals surface area contributed by atoms with Crippen molar-refractivity contribution in [1.29, 1.82) is 0 Å². The molecule has 34 heavy (non-hydrogen) atoms. The van der Waals surface area contributed by atoms with Gasteiger partial charge in [0.15, 0.2) is 0 Å². The molecule has 3 aromatic carbocycles. The van der Waals surface area contributed by atoms with Crippen molar-refractivity contribution < 1.29 is 9.18 Å². The van der Waals surface area contributed by atoms with Gasteiger partial charge in [0.2, 0.25) is 5.95 Å². The number of anilines is 2. The van der Waals surface area contributed by atoms with Gasteiger partial charge in [0, 0.05) is 16.8 Å². The second-order valence-corrected chi connectivity index (χ2v) is 8.02. The first-order chi connectivity index (χ1) is 16.6. The Labute approximate surface area is 200 Å². The average molecular weight is 472 g/mol. The van der Waals surface area contributed by atoms with E-state index in [-0.39, 0.29) is 17.8 Å². The van der Waals surface area contributed by atoms with Gasteiger partial charge in [0.05, 0.1) is 0 Å². The Morgan fingerprint density at radius 1 is 1.03 bits per heavy atom. The van der Waals surface area contributed by atoms with E-state index in [1.54, 1.807) is 29.0 Å². The number of nitrogens with zero attached hydrogens (tertiary/aromatic N) is 3. The fourth-order valence-corrected chi connectivity index (χ4v) is 3.86. The van der Waals surface area contributed by atoms with Crippen molar-refractivity contribution in [1.82, 2.24) is 14.8 Å². The summed E-state index contributed by atoms with van der Waals surface area (Å²) in [6.45, 7) is 0. The van der Waals surface area contributed by atoms with Crippen molar-refractivity contribution in [3.05, 3.63) is 119 Å². The third-order valence-corrected chi connectivity index (χ3v) is 5.66. The van der Waals surface area contributed by atoms with Gasteiger partial charge in [-0.1, -0.05) is 72.3 Å². The maximum atomic E-state index is 13.5. The van der Waals surface area contributed by atoms with E-state index in [1.807, 2.05) is 54.6 Å². The number of amides is 1. The highest BCUT2D eigenvalue weighted by Crippen LogP contribution is 2.33. The summed E-state index contributed by atoms with van der Waals surface area (Å²) < 4.78 is 15.2. The molecule has 0 saturated carbocycles. The molecule has 1 aromatic heterocycles. The Bertz CT molecular complexity index is 1400. The summed E-state index contributed by atoms with van der Waals surface area (Å²) in [5, 5.41) is 11.0. The molecule has 2 heterocycles. The normalized spacial score (nSPS) is 14.9. The third kappa shape index (κ3) is 4.60. The van der Waals surface area contributed by atoms with Gasteiger partial charge in [0.1, 0.15) is 11.9 Å². The van der Waals surface area contributed by atoms with Crippen LogP contribution in [-0.2, 0) is 4.79 Å². The van der Waals surface area contributed by atoms with Crippen LogP contribution in [0.2, 0.25) is 5.02 Å². The predicted molar refractivity (Wildman–Crippen MR) is 132 cm³/mol. The Hall–Kier alpha value is -4.23. The minimum atomic E-state index is -0.391. The number of hydrogen-bond donors (Lipinski definition) is 2. The number of halogens is 2. The molecule has 1 atom stereocenters. The average Bonchev–Trinajstić information content (AvgIpc) is 3.26. The van der Waals surface area contributed by atoms with E-state index in [9.17, 15) is 9.18 Å². The maximum absolute atomic E-state index is 13.5. The molecule has 1 aliphatic heterocycles. The lowest BCUT2D eigenvalue weighted by atomic mass is 10.0. The molecule has 2 N–H and O–H groups in total. The zero-order chi connectivity index (χ0) is 23.5. The third-order valence-electron chi connectivity index (χ3n) is 5.32. The first kappa shape index (κ1) is 21.6. The lowest BCUT2D eigenvalue weighted by Gasteiger charge is -2.24. The molecule has 0 spiro atoms. The minimum Gasteiger partial charge on any atom is -0.324 e. The highest BCUT2D eigenvalue weighted by Gasteiger charge is 2.25. The molecular weight excluding hydrogens is 453 g/mol. The van der Waals surface area contributed by atoms with E-state index < -0.39 is 5.91 Å². The number of carbonyl (C=O) groups excluding carboxylic acids is 1. The van der Waals surface area contributed by atoms with Gasteiger partial charge >= 0.3 is 0 Å². The van der Waals surface area contributed by atoms with Crippen LogP contribution in [0.5, 0.6) is 0 Å². The van der Waals surface area contributed by atoms with E-state index in [1.165, 1.54) is 18.2 Å². The smallest absolute Gasteiger partial charge is 0.250 e. The van der Waals surface area contributed by atoms with Crippen molar-refractivity contribution in [3.63, 3.8) is 0 Å². The van der Waals surface area contributed by atoms with E-state index >= 15 is 0 Å². The number of nitrogens with one attached hydrogen (secondary N) is 2. The van der Waals surface area contributed by atoms with Crippen LogP contribution in [-0.4, -0.2) is 20.7 Å². The molecule has 0 fully saturated rings. The molecule has 1 amide bonds. The van der Waals surface area contributed by atoms with Gasteiger partial charge in [-0.05, 0) is 47.0 Å². The van der Waals surface area contributed by atoms with Crippen LogP contribution in [0.25, 0.3) is 11.8 Å². The van der Waals surface area contributed by atoms with Gasteiger partial charge in [-0.25, -0.2) is 9.07 Å². The molecule has 4 aromatic rings. The summed E-state index contributed by atoms with van der Waals surface area (Å²) in [5.74, 6) is -0.105. The topological polar surface area (TPSA) is 71.8 Å². The first-order valence-corrected chi connectivity index (χ1v) is 10.9. The molecular formula is C26H19ClFN5O. The summed E-state index contributed by atoms with van der Waals surface area (Å²) >= 11 is 6.14. The highest BCUT2D eigenvalue weighted by molar-refractivity contribution is 6.32. The molecule has 1 aliphatic rings. The van der Waals surface area contributed by atoms with E-state index in [2.05, 4.69) is 20.7 Å². The SMILES string of the molecule is O=C(/C=C/c1ccccc1Cl)Nc1nc2n(n1)[C@H](c1ccc(F)cc1)C=C(c1ccccc1)N2. The van der Waals surface area contributed by atoms with E-state index in [4.69, 9.17) is 11.6 Å². The van der Waals surface area contributed by atoms with Crippen LogP contribution < -0.4 is 10.6 Å². The Morgan fingerprint density at radius 3 is 2.53 bits per heavy atom. The zero-order valence-corrected chi connectivity index (χ0v) is 18.6. The quantitative estimate of drug-likeness (QED) is 0.362. The van der Waals surface area contributed by atoms with Crippen molar-refractivity contribution in [2.45, 2.75) is 6.04 Å². The van der Waals surface area contributed by atoms with Gasteiger partial charge in [-0.3, -0.25) is 10.1 Å². The molecule has 6 nitrogen and oxygen atoms in total. The van der Waals surface area contributed by atoms with Crippen LogP contribution in [0.4, 0.5) is 16.3 Å². The van der Waals surface area contributed by atoms with Gasteiger partial charge in [-0.2, -0.15) is 4.98 Å². The Balaban J connectivity index is 1.43. The van der Waals surface area contributed by atoms with Crippen molar-refractivity contribution in [2.75, 3.05) is 10.6 Å². The second kappa shape index (κ2) is 9.33. The lowest BCUT2D eigenvalue weighted by Crippen LogP contribution is -2.20. The highest BCUT2D eigenvalue weighted by atomic mass is 35.5. The summed E-state index contributed by atoms with van der Waals surface area (Å²) in [7, 11) is 0. The van der Waals surface area contributed by atoms with Gasteiger partial charge in [-0.15, -0.1) is 5.10 Å². The molecule has 0 bridgehead atoms. The van der Waals surface area contributed by atoms with Crippen LogP contribution in [0, 0.1) is 5.82 Å². The monoisotopic (exact) mass is 471 g/mol. The summed E-state index contributed by atoms with van der Waals surface area (Å²) in [6.07, 6.45) is 5.00. The number of rotatable bonds is 5. The van der Waals surface area contributed by atoms with Crippen LogP contribution in [0.1, 0.15) is 22.7 Å². The number of allylic oxidation sites excluding steroid dienone is 1. The molecule has 0 radical (unpaired) electrons. The van der Waals surface area contributed by atoms with Crippen LogP contribution >= 0.6 is 11.6 Å². The molecule has 0 aliphatic carbocycles. The molecule has 0 saturated heterocycles. The summed E-state index contributed by atoms with van der Waals surface area (Å²) in [6, 6.07) is 22.9. The minimum absolute atomic E-state index is 0.145. The van der Waals surface area contributed by atoms with Crippen molar-refractivity contribution >= 4 is 41.2 Å². The Morgan fingerprint density at radius 2 is 1.76 bits per heavy atom. The molecule has 5 rings (SSSR count). The Kier molecular flexibility index (Phi) is 5.93. The fraction of sp³-hybridized carbons (Fsp3) is 0.0385. The van der Waals surface area contributed by atoms with E-state index in [0.29, 0.717) is 11.0 Å².